The molecule has 0 aliphatic heterocycles. The van der Waals surface area contributed by atoms with Crippen molar-refractivity contribution in [3.05, 3.63) is 34.1 Å². The number of rotatable bonds is 1. The molecule has 5 N–H and O–H groups in total. The lowest BCUT2D eigenvalue weighted by Crippen LogP contribution is -2.48. The number of phenolic OH excluding ortho intramolecular Hbond substituents is 2. The van der Waals surface area contributed by atoms with E-state index in [0.717, 1.165) is 6.08 Å². The first-order valence-electron chi connectivity index (χ1n) is 7.15. The van der Waals surface area contributed by atoms with E-state index in [-0.39, 0.29) is 23.3 Å². The molecule has 1 aromatic rings. The molecule has 2 aliphatic rings. The Labute approximate surface area is 136 Å². The van der Waals surface area contributed by atoms with Gasteiger partial charge in [0.05, 0.1) is 23.8 Å². The number of fused-ring (bicyclic) bond motifs is 2. The summed E-state index contributed by atoms with van der Waals surface area (Å²) in [5.74, 6) is -3.22. The average Bonchev–Trinajstić information content (AvgIpc) is 2.51. The Balaban J connectivity index is 2.36. The van der Waals surface area contributed by atoms with Gasteiger partial charge in [-0.3, -0.25) is 9.59 Å². The van der Waals surface area contributed by atoms with Crippen LogP contribution in [0.25, 0.3) is 0 Å². The van der Waals surface area contributed by atoms with Crippen molar-refractivity contribution in [2.75, 3.05) is 7.11 Å². The number of allylic oxidation sites excluding steroid dienone is 2. The van der Waals surface area contributed by atoms with Crippen LogP contribution >= 0.6 is 0 Å². The molecule has 8 nitrogen and oxygen atoms in total. The van der Waals surface area contributed by atoms with Crippen molar-refractivity contribution in [1.82, 2.24) is 0 Å². The summed E-state index contributed by atoms with van der Waals surface area (Å²) < 4.78 is 4.81. The largest absolute Gasteiger partial charge is 0.507 e. The monoisotopic (exact) mass is 336 g/mol. The van der Waals surface area contributed by atoms with E-state index in [4.69, 9.17) is 4.74 Å². The molecule has 0 amide bonds. The van der Waals surface area contributed by atoms with E-state index in [2.05, 4.69) is 0 Å². The van der Waals surface area contributed by atoms with Crippen molar-refractivity contribution in [2.45, 2.75) is 31.2 Å². The van der Waals surface area contributed by atoms with Gasteiger partial charge in [-0.25, -0.2) is 0 Å². The van der Waals surface area contributed by atoms with Gasteiger partial charge in [0.15, 0.2) is 11.5 Å². The average molecular weight is 336 g/mol. The lowest BCUT2D eigenvalue weighted by atomic mass is 9.74. The zero-order chi connectivity index (χ0) is 18.0. The van der Waals surface area contributed by atoms with Crippen LogP contribution in [0.3, 0.4) is 0 Å². The molecule has 24 heavy (non-hydrogen) atoms. The molecule has 3 unspecified atom stereocenters. The van der Waals surface area contributed by atoms with Crippen LogP contribution in [0.5, 0.6) is 11.5 Å². The molecule has 0 heterocycles. The van der Waals surface area contributed by atoms with Crippen molar-refractivity contribution in [1.29, 1.82) is 0 Å². The van der Waals surface area contributed by atoms with E-state index in [1.807, 2.05) is 0 Å². The number of Topliss-reactive ketones (excluding diaryl/α,β-unsaturated/α-hetero) is 1. The first-order chi connectivity index (χ1) is 11.1. The van der Waals surface area contributed by atoms with Gasteiger partial charge in [-0.15, -0.1) is 0 Å². The van der Waals surface area contributed by atoms with E-state index in [9.17, 15) is 35.1 Å². The van der Waals surface area contributed by atoms with Gasteiger partial charge in [0, 0.05) is 23.6 Å². The van der Waals surface area contributed by atoms with Crippen LogP contribution in [0.2, 0.25) is 0 Å². The molecule has 0 saturated carbocycles. The maximum absolute atomic E-state index is 12.4. The molecule has 1 aromatic carbocycles. The summed E-state index contributed by atoms with van der Waals surface area (Å²) in [6.45, 7) is 1.24. The molecule has 0 spiro atoms. The second-order valence-electron chi connectivity index (χ2n) is 6.17. The van der Waals surface area contributed by atoms with Crippen LogP contribution in [0.1, 0.15) is 44.9 Å². The number of hydrogen-bond acceptors (Lipinski definition) is 8. The summed E-state index contributed by atoms with van der Waals surface area (Å²) in [4.78, 5) is 24.6. The number of phenols is 2. The predicted molar refractivity (Wildman–Crippen MR) is 78.8 cm³/mol. The fraction of sp³-hybridized carbons (Fsp3) is 0.375. The molecular formula is C16H16O8. The fourth-order valence-corrected chi connectivity index (χ4v) is 3.24. The highest BCUT2D eigenvalue weighted by Gasteiger charge is 2.47. The zero-order valence-electron chi connectivity index (χ0n) is 12.9. The highest BCUT2D eigenvalue weighted by molar-refractivity contribution is 6.26. The number of aliphatic hydroxyl groups is 3. The SMILES string of the molecule is COC1=CC(=O)c2c(O)c3c(c(O)c2C1=O)CC(C)(O)C(O)C3O. The summed E-state index contributed by atoms with van der Waals surface area (Å²) in [7, 11) is 1.18. The van der Waals surface area contributed by atoms with Gasteiger partial charge in [-0.1, -0.05) is 0 Å². The van der Waals surface area contributed by atoms with E-state index < -0.39 is 52.0 Å². The minimum absolute atomic E-state index is 0.104. The van der Waals surface area contributed by atoms with Crippen LogP contribution in [-0.4, -0.2) is 55.9 Å². The van der Waals surface area contributed by atoms with Gasteiger partial charge in [-0.05, 0) is 6.92 Å². The van der Waals surface area contributed by atoms with Crippen LogP contribution in [0, 0.1) is 0 Å². The highest BCUT2D eigenvalue weighted by atomic mass is 16.5. The lowest BCUT2D eigenvalue weighted by molar-refractivity contribution is -0.126. The maximum Gasteiger partial charge on any atom is 0.232 e. The van der Waals surface area contributed by atoms with Gasteiger partial charge in [0.2, 0.25) is 5.78 Å². The molecule has 128 valence electrons. The first kappa shape index (κ1) is 16.4. The predicted octanol–water partition coefficient (Wildman–Crippen LogP) is -0.291. The van der Waals surface area contributed by atoms with Crippen molar-refractivity contribution in [3.8, 4) is 11.5 Å². The number of ether oxygens (including phenoxy) is 1. The number of carbonyl (C=O) groups is 2. The normalized spacial score (nSPS) is 29.0. The highest BCUT2D eigenvalue weighted by Crippen LogP contribution is 2.49. The van der Waals surface area contributed by atoms with Gasteiger partial charge in [0.1, 0.15) is 23.7 Å². The number of carbonyl (C=O) groups excluding carboxylic acids is 2. The van der Waals surface area contributed by atoms with Crippen molar-refractivity contribution in [3.63, 3.8) is 0 Å². The molecule has 8 heteroatoms. The van der Waals surface area contributed by atoms with Gasteiger partial charge < -0.3 is 30.3 Å². The Bertz CT molecular complexity index is 805. The molecule has 0 radical (unpaired) electrons. The smallest absolute Gasteiger partial charge is 0.232 e. The van der Waals surface area contributed by atoms with Crippen LogP contribution in [0.4, 0.5) is 0 Å². The molecule has 3 atom stereocenters. The number of aromatic hydroxyl groups is 2. The summed E-state index contributed by atoms with van der Waals surface area (Å²) in [5.41, 5.74) is -3.10. The molecule has 0 bridgehead atoms. The van der Waals surface area contributed by atoms with E-state index in [1.165, 1.54) is 14.0 Å². The van der Waals surface area contributed by atoms with Crippen LogP contribution in [-0.2, 0) is 11.2 Å². The zero-order valence-corrected chi connectivity index (χ0v) is 12.9. The Morgan fingerprint density at radius 1 is 1.17 bits per heavy atom. The molecule has 0 fully saturated rings. The fourth-order valence-electron chi connectivity index (χ4n) is 3.24. The molecule has 0 saturated heterocycles. The summed E-state index contributed by atoms with van der Waals surface area (Å²) >= 11 is 0. The topological polar surface area (TPSA) is 145 Å². The lowest BCUT2D eigenvalue weighted by Gasteiger charge is -2.39. The van der Waals surface area contributed by atoms with Crippen molar-refractivity contribution >= 4 is 11.6 Å². The van der Waals surface area contributed by atoms with Gasteiger partial charge in [-0.2, -0.15) is 0 Å². The molecular weight excluding hydrogens is 320 g/mol. The van der Waals surface area contributed by atoms with Gasteiger partial charge in [0.25, 0.3) is 0 Å². The van der Waals surface area contributed by atoms with Crippen LogP contribution < -0.4 is 0 Å². The van der Waals surface area contributed by atoms with Crippen molar-refractivity contribution < 1.29 is 39.9 Å². The number of ketones is 2. The number of aliphatic hydroxyl groups excluding tert-OH is 2. The maximum atomic E-state index is 12.4. The van der Waals surface area contributed by atoms with E-state index >= 15 is 0 Å². The quantitative estimate of drug-likeness (QED) is 0.440. The third-order valence-electron chi connectivity index (χ3n) is 4.54. The van der Waals surface area contributed by atoms with Crippen molar-refractivity contribution in [2.24, 2.45) is 0 Å². The second kappa shape index (κ2) is 5.04. The standard InChI is InChI=1S/C16H16O8/c1-16(23)4-5-8(14(21)15(16)22)13(20)9-6(17)3-7(24-2)12(19)10(9)11(5)18/h3,14-15,18,20-23H,4H2,1-2H3. The van der Waals surface area contributed by atoms with Crippen LogP contribution in [0.15, 0.2) is 11.8 Å². The Morgan fingerprint density at radius 3 is 2.38 bits per heavy atom. The summed E-state index contributed by atoms with van der Waals surface area (Å²) in [5, 5.41) is 51.3. The van der Waals surface area contributed by atoms with E-state index in [0.29, 0.717) is 0 Å². The third-order valence-corrected chi connectivity index (χ3v) is 4.54. The summed E-state index contributed by atoms with van der Waals surface area (Å²) in [6, 6.07) is 0. The number of methoxy groups -OCH3 is 1. The molecule has 3 rings (SSSR count). The Hall–Kier alpha value is -2.42. The minimum Gasteiger partial charge on any atom is -0.507 e. The number of benzene rings is 1. The third kappa shape index (κ3) is 1.97. The summed E-state index contributed by atoms with van der Waals surface area (Å²) in [6.07, 6.45) is -2.85. The van der Waals surface area contributed by atoms with Gasteiger partial charge >= 0.3 is 0 Å². The Morgan fingerprint density at radius 2 is 1.79 bits per heavy atom. The molecule has 2 aliphatic carbocycles. The van der Waals surface area contributed by atoms with E-state index in [1.54, 1.807) is 0 Å². The second-order valence-corrected chi connectivity index (χ2v) is 6.17. The Kier molecular flexibility index (Phi) is 3.45. The molecule has 0 aromatic heterocycles. The first-order valence-corrected chi connectivity index (χ1v) is 7.15. The minimum atomic E-state index is -1.80. The number of hydrogen-bond donors (Lipinski definition) is 5.